The van der Waals surface area contributed by atoms with Crippen LogP contribution >= 0.6 is 0 Å². The third-order valence-electron chi connectivity index (χ3n) is 3.17. The van der Waals surface area contributed by atoms with Gasteiger partial charge in [0.2, 0.25) is 0 Å². The van der Waals surface area contributed by atoms with E-state index in [0.29, 0.717) is 0 Å². The summed E-state index contributed by atoms with van der Waals surface area (Å²) < 4.78 is 0. The van der Waals surface area contributed by atoms with Gasteiger partial charge in [-0.05, 0) is 0 Å². The summed E-state index contributed by atoms with van der Waals surface area (Å²) in [6.07, 6.45) is 6.68. The maximum atomic E-state index is 2.43. The molecule has 0 aliphatic heterocycles. The smallest absolute Gasteiger partial charge is 0.207 e. The Morgan fingerprint density at radius 2 is 2.00 bits per heavy atom. The van der Waals surface area contributed by atoms with Crippen molar-refractivity contribution in [1.29, 1.82) is 0 Å². The Balaban J connectivity index is 0.000000845. The zero-order chi connectivity index (χ0) is 8.55. The van der Waals surface area contributed by atoms with Crippen LogP contribution in [0.1, 0.15) is 42.0 Å². The monoisotopic (exact) mass is 209 g/mol. The van der Waals surface area contributed by atoms with Crippen molar-refractivity contribution >= 4 is 0 Å². The molecule has 0 N–H and O–H groups in total. The van der Waals surface area contributed by atoms with Gasteiger partial charge >= 0.3 is 21.7 Å². The summed E-state index contributed by atoms with van der Waals surface area (Å²) in [5.74, 6) is 0. The minimum atomic E-state index is 0. The summed E-state index contributed by atoms with van der Waals surface area (Å²) in [6, 6.07) is 2.43. The molecule has 0 spiro atoms. The predicted octanol–water partition coefficient (Wildman–Crippen LogP) is 3.15. The maximum Gasteiger partial charge on any atom is 2.00 e. The van der Waals surface area contributed by atoms with Crippen LogP contribution < -0.4 is 0 Å². The molecule has 1 aromatic carbocycles. The minimum Gasteiger partial charge on any atom is -0.207 e. The van der Waals surface area contributed by atoms with E-state index in [-0.39, 0.29) is 21.7 Å². The second-order valence-corrected chi connectivity index (χ2v) is 3.86. The van der Waals surface area contributed by atoms with Crippen LogP contribution in [0.4, 0.5) is 0 Å². The summed E-state index contributed by atoms with van der Waals surface area (Å²) in [6.45, 7) is 4.55. The van der Waals surface area contributed by atoms with E-state index in [1.165, 1.54) is 32.1 Å². The fraction of sp³-hybridized carbons (Fsp3) is 0.583. The molecule has 0 unspecified atom stereocenters. The second kappa shape index (κ2) is 4.53. The summed E-state index contributed by atoms with van der Waals surface area (Å²) in [5.41, 5.74) is 6.50. The van der Waals surface area contributed by atoms with Crippen LogP contribution in [0, 0.1) is 6.92 Å². The fourth-order valence-electron chi connectivity index (χ4n) is 2.40. The van der Waals surface area contributed by atoms with Crippen LogP contribution in [0.5, 0.6) is 0 Å². The molecular weight excluding hydrogens is 192 g/mol. The van der Waals surface area contributed by atoms with E-state index in [1.54, 1.807) is 22.3 Å². The van der Waals surface area contributed by atoms with Gasteiger partial charge in [-0.1, -0.05) is 46.0 Å². The van der Waals surface area contributed by atoms with Crippen molar-refractivity contribution in [3.63, 3.8) is 0 Å². The zero-order valence-electron chi connectivity index (χ0n) is 8.61. The van der Waals surface area contributed by atoms with E-state index in [9.17, 15) is 0 Å². The molecule has 0 fully saturated rings. The molecular formula is C12H17Ti+. The largest absolute Gasteiger partial charge is 2.00 e. The van der Waals surface area contributed by atoms with Crippen LogP contribution in [-0.2, 0) is 41.0 Å². The van der Waals surface area contributed by atoms with Gasteiger partial charge in [0, 0.05) is 0 Å². The van der Waals surface area contributed by atoms with Crippen molar-refractivity contribution in [2.75, 3.05) is 0 Å². The standard InChI is InChI=1S/C12H17.Ti/c1-3-10-8-11-6-4-5-7-12(11)9(10)2;/h8H,3-7H2,1-2H3;/q-1;+2. The van der Waals surface area contributed by atoms with Gasteiger partial charge in [0.15, 0.2) is 0 Å². The first-order valence-electron chi connectivity index (χ1n) is 5.10. The summed E-state index contributed by atoms with van der Waals surface area (Å²) in [4.78, 5) is 0. The number of fused-ring (bicyclic) bond motifs is 1. The Kier molecular flexibility index (Phi) is 3.88. The van der Waals surface area contributed by atoms with Crippen LogP contribution in [0.3, 0.4) is 0 Å². The van der Waals surface area contributed by atoms with Gasteiger partial charge < -0.3 is 0 Å². The Morgan fingerprint density at radius 1 is 1.31 bits per heavy atom. The molecule has 1 aliphatic rings. The number of aryl methyl sites for hydroxylation is 2. The van der Waals surface area contributed by atoms with Crippen LogP contribution in [-0.4, -0.2) is 0 Å². The molecule has 1 aromatic rings. The first-order chi connectivity index (χ1) is 5.83. The maximum absolute atomic E-state index is 2.43. The van der Waals surface area contributed by atoms with E-state index in [1.807, 2.05) is 0 Å². The van der Waals surface area contributed by atoms with Crippen LogP contribution in [0.25, 0.3) is 0 Å². The van der Waals surface area contributed by atoms with Crippen molar-refractivity contribution in [1.82, 2.24) is 0 Å². The minimum absolute atomic E-state index is 0. The Labute approximate surface area is 96.0 Å². The Bertz CT molecular complexity index is 284. The zero-order valence-corrected chi connectivity index (χ0v) is 10.2. The van der Waals surface area contributed by atoms with Gasteiger partial charge in [0.25, 0.3) is 0 Å². The van der Waals surface area contributed by atoms with Gasteiger partial charge in [0.05, 0.1) is 0 Å². The molecule has 13 heavy (non-hydrogen) atoms. The molecule has 0 atom stereocenters. The van der Waals surface area contributed by atoms with E-state index in [2.05, 4.69) is 19.9 Å². The molecule has 0 heterocycles. The molecule has 1 aliphatic carbocycles. The van der Waals surface area contributed by atoms with Crippen LogP contribution in [0.2, 0.25) is 0 Å². The first kappa shape index (κ1) is 11.1. The molecule has 0 saturated carbocycles. The van der Waals surface area contributed by atoms with Gasteiger partial charge in [-0.25, -0.2) is 6.07 Å². The van der Waals surface area contributed by atoms with E-state index in [4.69, 9.17) is 0 Å². The predicted molar refractivity (Wildman–Crippen MR) is 52.8 cm³/mol. The Hall–Kier alpha value is 0.0643. The molecule has 1 heteroatoms. The number of hydrogen-bond donors (Lipinski definition) is 0. The first-order valence-corrected chi connectivity index (χ1v) is 5.10. The fourth-order valence-corrected chi connectivity index (χ4v) is 2.40. The van der Waals surface area contributed by atoms with Crippen molar-refractivity contribution in [3.8, 4) is 0 Å². The summed E-state index contributed by atoms with van der Waals surface area (Å²) in [5, 5.41) is 0. The average Bonchev–Trinajstić information content (AvgIpc) is 2.44. The normalized spacial score (nSPS) is 14.9. The van der Waals surface area contributed by atoms with Crippen molar-refractivity contribution in [2.24, 2.45) is 0 Å². The van der Waals surface area contributed by atoms with E-state index < -0.39 is 0 Å². The molecule has 68 valence electrons. The number of rotatable bonds is 1. The third-order valence-corrected chi connectivity index (χ3v) is 3.17. The molecule has 0 aromatic heterocycles. The van der Waals surface area contributed by atoms with Gasteiger partial charge in [-0.15, -0.1) is 0 Å². The quantitative estimate of drug-likeness (QED) is 0.492. The summed E-state index contributed by atoms with van der Waals surface area (Å²) >= 11 is 0. The van der Waals surface area contributed by atoms with Gasteiger partial charge in [0.1, 0.15) is 0 Å². The molecule has 2 rings (SSSR count). The Morgan fingerprint density at radius 3 is 2.62 bits per heavy atom. The van der Waals surface area contributed by atoms with Crippen molar-refractivity contribution < 1.29 is 21.7 Å². The van der Waals surface area contributed by atoms with E-state index in [0.717, 1.165) is 0 Å². The van der Waals surface area contributed by atoms with Gasteiger partial charge in [-0.3, -0.25) is 0 Å². The second-order valence-electron chi connectivity index (χ2n) is 3.86. The van der Waals surface area contributed by atoms with Crippen LogP contribution in [0.15, 0.2) is 6.07 Å². The molecule has 0 nitrogen and oxygen atoms in total. The average molecular weight is 209 g/mol. The topological polar surface area (TPSA) is 0 Å². The molecule has 0 amide bonds. The molecule has 0 bridgehead atoms. The van der Waals surface area contributed by atoms with Gasteiger partial charge in [-0.2, -0.15) is 22.3 Å². The number of hydrogen-bond acceptors (Lipinski definition) is 0. The van der Waals surface area contributed by atoms with Crippen molar-refractivity contribution in [3.05, 3.63) is 28.3 Å². The van der Waals surface area contributed by atoms with Crippen molar-refractivity contribution in [2.45, 2.75) is 46.0 Å². The van der Waals surface area contributed by atoms with E-state index >= 15 is 0 Å². The third kappa shape index (κ3) is 1.95. The molecule has 0 saturated heterocycles. The summed E-state index contributed by atoms with van der Waals surface area (Å²) in [7, 11) is 0. The SMILES string of the molecule is CCc1cc2c([c-]1C)CCCC2.[Ti+2]. The molecule has 0 radical (unpaired) electrons.